The third kappa shape index (κ3) is 4.11. The predicted molar refractivity (Wildman–Crippen MR) is 95.4 cm³/mol. The molecule has 0 aliphatic rings. The van der Waals surface area contributed by atoms with Gasteiger partial charge in [0.1, 0.15) is 5.75 Å². The molecule has 0 aliphatic carbocycles. The number of aromatic hydroxyl groups is 1. The highest BCUT2D eigenvalue weighted by molar-refractivity contribution is 5.88. The van der Waals surface area contributed by atoms with Crippen LogP contribution in [0.4, 0.5) is 5.69 Å². The first-order valence-electron chi connectivity index (χ1n) is 7.75. The first-order valence-corrected chi connectivity index (χ1v) is 7.75. The highest BCUT2D eigenvalue weighted by atomic mass is 16.3. The number of phenols is 1. The lowest BCUT2D eigenvalue weighted by Gasteiger charge is -2.09. The standard InChI is InChI=1S/C19H17N3O3/c1-13(23)20-16-4-2-3-14(11-16)12-22-19(25)10-9-18(21-22)15-5-7-17(24)8-6-15/h2-11,24H,12H2,1H3,(H,20,23). The molecule has 25 heavy (non-hydrogen) atoms. The van der Waals surface area contributed by atoms with Gasteiger partial charge in [-0.05, 0) is 48.0 Å². The zero-order valence-electron chi connectivity index (χ0n) is 13.6. The van der Waals surface area contributed by atoms with Crippen molar-refractivity contribution in [2.75, 3.05) is 5.32 Å². The summed E-state index contributed by atoms with van der Waals surface area (Å²) in [5.41, 5.74) is 2.75. The molecular formula is C19H17N3O3. The van der Waals surface area contributed by atoms with Gasteiger partial charge in [0.15, 0.2) is 0 Å². The third-order valence-electron chi connectivity index (χ3n) is 3.61. The molecule has 0 saturated carbocycles. The van der Waals surface area contributed by atoms with Crippen molar-refractivity contribution in [1.29, 1.82) is 0 Å². The minimum Gasteiger partial charge on any atom is -0.508 e. The molecular weight excluding hydrogens is 318 g/mol. The Bertz CT molecular complexity index is 962. The lowest BCUT2D eigenvalue weighted by Crippen LogP contribution is -2.22. The maximum atomic E-state index is 12.1. The van der Waals surface area contributed by atoms with E-state index in [-0.39, 0.29) is 23.8 Å². The summed E-state index contributed by atoms with van der Waals surface area (Å²) in [6.07, 6.45) is 0. The van der Waals surface area contributed by atoms with Crippen LogP contribution in [0.25, 0.3) is 11.3 Å². The molecule has 6 nitrogen and oxygen atoms in total. The quantitative estimate of drug-likeness (QED) is 0.767. The number of carbonyl (C=O) groups excluding carboxylic acids is 1. The number of rotatable bonds is 4. The molecule has 1 amide bonds. The van der Waals surface area contributed by atoms with Gasteiger partial charge in [0.25, 0.3) is 5.56 Å². The van der Waals surface area contributed by atoms with E-state index in [0.29, 0.717) is 11.4 Å². The normalized spacial score (nSPS) is 10.4. The molecule has 0 fully saturated rings. The smallest absolute Gasteiger partial charge is 0.267 e. The summed E-state index contributed by atoms with van der Waals surface area (Å²) in [7, 11) is 0. The highest BCUT2D eigenvalue weighted by Crippen LogP contribution is 2.19. The predicted octanol–water partition coefficient (Wildman–Crippen LogP) is 2.62. The van der Waals surface area contributed by atoms with Gasteiger partial charge in [-0.1, -0.05) is 12.1 Å². The molecule has 0 unspecified atom stereocenters. The minimum atomic E-state index is -0.215. The van der Waals surface area contributed by atoms with Crippen molar-refractivity contribution in [2.24, 2.45) is 0 Å². The average molecular weight is 335 g/mol. The van der Waals surface area contributed by atoms with Crippen molar-refractivity contribution in [1.82, 2.24) is 9.78 Å². The van der Waals surface area contributed by atoms with Crippen LogP contribution in [0.2, 0.25) is 0 Å². The van der Waals surface area contributed by atoms with Gasteiger partial charge >= 0.3 is 0 Å². The number of nitrogens with zero attached hydrogens (tertiary/aromatic N) is 2. The molecule has 1 heterocycles. The molecule has 2 N–H and O–H groups in total. The Balaban J connectivity index is 1.90. The number of aromatic nitrogens is 2. The Labute approximate surface area is 144 Å². The Morgan fingerprint density at radius 1 is 1.12 bits per heavy atom. The van der Waals surface area contributed by atoms with Crippen LogP contribution in [0.5, 0.6) is 5.75 Å². The number of amides is 1. The maximum Gasteiger partial charge on any atom is 0.267 e. The van der Waals surface area contributed by atoms with Crippen LogP contribution in [0.15, 0.2) is 65.5 Å². The lowest BCUT2D eigenvalue weighted by molar-refractivity contribution is -0.114. The number of phenolic OH excluding ortho intramolecular Hbond substituents is 1. The SMILES string of the molecule is CC(=O)Nc1cccc(Cn2nc(-c3ccc(O)cc3)ccc2=O)c1. The Kier molecular flexibility index (Phi) is 4.61. The molecule has 126 valence electrons. The first kappa shape index (κ1) is 16.4. The van der Waals surface area contributed by atoms with Crippen molar-refractivity contribution in [3.05, 3.63) is 76.6 Å². The summed E-state index contributed by atoms with van der Waals surface area (Å²) in [6, 6.07) is 17.0. The monoisotopic (exact) mass is 335 g/mol. The Morgan fingerprint density at radius 2 is 1.88 bits per heavy atom. The van der Waals surface area contributed by atoms with E-state index in [2.05, 4.69) is 10.4 Å². The Morgan fingerprint density at radius 3 is 2.60 bits per heavy atom. The van der Waals surface area contributed by atoms with Crippen LogP contribution < -0.4 is 10.9 Å². The number of hydrogen-bond donors (Lipinski definition) is 2. The van der Waals surface area contributed by atoms with Gasteiger partial charge in [0.05, 0.1) is 12.2 Å². The molecule has 0 radical (unpaired) electrons. The lowest BCUT2D eigenvalue weighted by atomic mass is 10.1. The second-order valence-corrected chi connectivity index (χ2v) is 5.64. The van der Waals surface area contributed by atoms with Crippen molar-refractivity contribution >= 4 is 11.6 Å². The number of carbonyl (C=O) groups is 1. The van der Waals surface area contributed by atoms with Crippen molar-refractivity contribution < 1.29 is 9.90 Å². The molecule has 0 atom stereocenters. The second kappa shape index (κ2) is 7.00. The van der Waals surface area contributed by atoms with Gasteiger partial charge < -0.3 is 10.4 Å². The molecule has 0 bridgehead atoms. The van der Waals surface area contributed by atoms with Crippen LogP contribution in [-0.4, -0.2) is 20.8 Å². The van der Waals surface area contributed by atoms with E-state index in [1.165, 1.54) is 17.7 Å². The summed E-state index contributed by atoms with van der Waals surface area (Å²) in [5, 5.41) is 16.5. The topological polar surface area (TPSA) is 84.2 Å². The molecule has 1 aromatic heterocycles. The fraction of sp³-hybridized carbons (Fsp3) is 0.105. The maximum absolute atomic E-state index is 12.1. The fourth-order valence-electron chi connectivity index (χ4n) is 2.47. The molecule has 0 spiro atoms. The number of hydrogen-bond acceptors (Lipinski definition) is 4. The molecule has 3 rings (SSSR count). The van der Waals surface area contributed by atoms with E-state index >= 15 is 0 Å². The van der Waals surface area contributed by atoms with Crippen molar-refractivity contribution in [3.8, 4) is 17.0 Å². The molecule has 6 heteroatoms. The van der Waals surface area contributed by atoms with Crippen molar-refractivity contribution in [3.63, 3.8) is 0 Å². The van der Waals surface area contributed by atoms with Gasteiger partial charge in [-0.15, -0.1) is 0 Å². The number of anilines is 1. The number of nitrogens with one attached hydrogen (secondary N) is 1. The van der Waals surface area contributed by atoms with E-state index in [9.17, 15) is 14.7 Å². The zero-order valence-corrected chi connectivity index (χ0v) is 13.6. The van der Waals surface area contributed by atoms with Gasteiger partial charge in [-0.3, -0.25) is 9.59 Å². The van der Waals surface area contributed by atoms with Gasteiger partial charge in [-0.25, -0.2) is 4.68 Å². The molecule has 3 aromatic rings. The van der Waals surface area contributed by atoms with Crippen LogP contribution >= 0.6 is 0 Å². The summed E-state index contributed by atoms with van der Waals surface area (Å²) in [4.78, 5) is 23.3. The van der Waals surface area contributed by atoms with Crippen LogP contribution in [-0.2, 0) is 11.3 Å². The van der Waals surface area contributed by atoms with E-state index in [1.54, 1.807) is 36.4 Å². The van der Waals surface area contributed by atoms with E-state index < -0.39 is 0 Å². The van der Waals surface area contributed by atoms with Crippen LogP contribution in [0.1, 0.15) is 12.5 Å². The molecule has 0 saturated heterocycles. The Hall–Kier alpha value is -3.41. The highest BCUT2D eigenvalue weighted by Gasteiger charge is 2.05. The van der Waals surface area contributed by atoms with Gasteiger partial charge in [0, 0.05) is 24.2 Å². The van der Waals surface area contributed by atoms with Crippen molar-refractivity contribution in [2.45, 2.75) is 13.5 Å². The summed E-state index contributed by atoms with van der Waals surface area (Å²) in [6.45, 7) is 1.73. The van der Waals surface area contributed by atoms with E-state index in [0.717, 1.165) is 11.1 Å². The minimum absolute atomic E-state index is 0.151. The fourth-order valence-corrected chi connectivity index (χ4v) is 2.47. The number of benzene rings is 2. The van der Waals surface area contributed by atoms with Crippen LogP contribution in [0.3, 0.4) is 0 Å². The van der Waals surface area contributed by atoms with Gasteiger partial charge in [-0.2, -0.15) is 5.10 Å². The summed E-state index contributed by atoms with van der Waals surface area (Å²) < 4.78 is 1.37. The average Bonchev–Trinajstić information content (AvgIpc) is 2.57. The van der Waals surface area contributed by atoms with Crippen LogP contribution in [0, 0.1) is 0 Å². The molecule has 0 aliphatic heterocycles. The van der Waals surface area contributed by atoms with E-state index in [1.807, 2.05) is 18.2 Å². The summed E-state index contributed by atoms with van der Waals surface area (Å²) >= 11 is 0. The first-order chi connectivity index (χ1) is 12.0. The largest absolute Gasteiger partial charge is 0.508 e. The zero-order chi connectivity index (χ0) is 17.8. The third-order valence-corrected chi connectivity index (χ3v) is 3.61. The van der Waals surface area contributed by atoms with E-state index in [4.69, 9.17) is 0 Å². The summed E-state index contributed by atoms with van der Waals surface area (Å²) in [5.74, 6) is 0.0219. The molecule has 2 aromatic carbocycles. The van der Waals surface area contributed by atoms with Gasteiger partial charge in [0.2, 0.25) is 5.91 Å². The second-order valence-electron chi connectivity index (χ2n) is 5.64.